The van der Waals surface area contributed by atoms with Crippen molar-refractivity contribution in [2.75, 3.05) is 30.4 Å². The van der Waals surface area contributed by atoms with Crippen LogP contribution in [0.5, 0.6) is 0 Å². The molecule has 132 valence electrons. The minimum atomic E-state index is -0.0858. The number of amides is 1. The highest BCUT2D eigenvalue weighted by atomic mass is 35.5. The Labute approximate surface area is 152 Å². The van der Waals surface area contributed by atoms with Gasteiger partial charge in [0.15, 0.2) is 11.0 Å². The van der Waals surface area contributed by atoms with Gasteiger partial charge in [0.1, 0.15) is 0 Å². The van der Waals surface area contributed by atoms with Crippen LogP contribution in [0.4, 0.5) is 11.5 Å². The second-order valence-electron chi connectivity index (χ2n) is 6.12. The number of aromatic nitrogens is 2. The molecule has 0 unspecified atom stereocenters. The Hall–Kier alpha value is -2.18. The highest BCUT2D eigenvalue weighted by Gasteiger charge is 2.26. The molecule has 1 aromatic carbocycles. The summed E-state index contributed by atoms with van der Waals surface area (Å²) in [6.07, 6.45) is 1.80. The second kappa shape index (κ2) is 8.27. The van der Waals surface area contributed by atoms with Crippen LogP contribution in [0.2, 0.25) is 5.15 Å². The Kier molecular flexibility index (Phi) is 5.83. The maximum absolute atomic E-state index is 12.6. The van der Waals surface area contributed by atoms with Crippen molar-refractivity contribution in [3.63, 3.8) is 0 Å². The first-order valence-corrected chi connectivity index (χ1v) is 8.66. The van der Waals surface area contributed by atoms with E-state index in [-0.39, 0.29) is 11.8 Å². The topological polar surface area (TPSA) is 67.3 Å². The molecule has 0 spiro atoms. The number of hydrogen-bond acceptors (Lipinski definition) is 5. The zero-order chi connectivity index (χ0) is 17.6. The number of nitrogens with zero attached hydrogens (tertiary/aromatic N) is 3. The lowest BCUT2D eigenvalue weighted by Crippen LogP contribution is -2.41. The Morgan fingerprint density at radius 2 is 2.24 bits per heavy atom. The minimum Gasteiger partial charge on any atom is -0.380 e. The van der Waals surface area contributed by atoms with E-state index in [0.717, 1.165) is 36.5 Å². The van der Waals surface area contributed by atoms with Crippen LogP contribution < -0.4 is 10.2 Å². The summed E-state index contributed by atoms with van der Waals surface area (Å²) >= 11 is 5.79. The van der Waals surface area contributed by atoms with E-state index in [1.54, 1.807) is 13.2 Å². The molecule has 0 bridgehead atoms. The summed E-state index contributed by atoms with van der Waals surface area (Å²) in [7, 11) is 1.65. The lowest BCUT2D eigenvalue weighted by Gasteiger charge is -2.32. The molecule has 3 rings (SSSR count). The Morgan fingerprint density at radius 1 is 1.36 bits per heavy atom. The van der Waals surface area contributed by atoms with Crippen molar-refractivity contribution in [3.8, 4) is 0 Å². The first-order chi connectivity index (χ1) is 12.2. The van der Waals surface area contributed by atoms with E-state index in [2.05, 4.69) is 20.4 Å². The maximum Gasteiger partial charge on any atom is 0.229 e. The Balaban J connectivity index is 1.63. The molecule has 0 aliphatic carbocycles. The van der Waals surface area contributed by atoms with Gasteiger partial charge in [-0.25, -0.2) is 0 Å². The minimum absolute atomic E-state index is 0.0289. The number of carbonyl (C=O) groups excluding carboxylic acids is 1. The Bertz CT molecular complexity index is 723. The fraction of sp³-hybridized carbons (Fsp3) is 0.389. The molecule has 2 heterocycles. The van der Waals surface area contributed by atoms with Gasteiger partial charge >= 0.3 is 0 Å². The molecule has 0 radical (unpaired) electrons. The first kappa shape index (κ1) is 17.6. The van der Waals surface area contributed by atoms with Crippen molar-refractivity contribution < 1.29 is 9.53 Å². The second-order valence-corrected chi connectivity index (χ2v) is 6.51. The molecular weight excluding hydrogens is 340 g/mol. The summed E-state index contributed by atoms with van der Waals surface area (Å²) in [5.41, 5.74) is 1.82. The van der Waals surface area contributed by atoms with Crippen LogP contribution in [0.25, 0.3) is 0 Å². The molecular formula is C18H21ClN4O2. The van der Waals surface area contributed by atoms with Gasteiger partial charge in [-0.15, -0.1) is 10.2 Å². The summed E-state index contributed by atoms with van der Waals surface area (Å²) in [5, 5.41) is 11.4. The molecule has 25 heavy (non-hydrogen) atoms. The summed E-state index contributed by atoms with van der Waals surface area (Å²) in [5.74, 6) is 0.697. The third-order valence-corrected chi connectivity index (χ3v) is 4.44. The number of ether oxygens (including phenoxy) is 1. The van der Waals surface area contributed by atoms with E-state index < -0.39 is 0 Å². The number of rotatable bonds is 5. The molecule has 0 saturated carbocycles. The van der Waals surface area contributed by atoms with Crippen molar-refractivity contribution in [3.05, 3.63) is 47.1 Å². The molecule has 6 nitrogen and oxygen atoms in total. The number of benzene rings is 1. The van der Waals surface area contributed by atoms with Gasteiger partial charge in [-0.2, -0.15) is 0 Å². The molecule has 1 saturated heterocycles. The summed E-state index contributed by atoms with van der Waals surface area (Å²) in [4.78, 5) is 14.7. The van der Waals surface area contributed by atoms with Gasteiger partial charge in [0.2, 0.25) is 5.91 Å². The van der Waals surface area contributed by atoms with Crippen molar-refractivity contribution in [1.82, 2.24) is 10.2 Å². The average molecular weight is 361 g/mol. The number of anilines is 2. The van der Waals surface area contributed by atoms with E-state index in [1.807, 2.05) is 30.3 Å². The SMILES string of the molecule is COCc1cccc(NC(=O)[C@@H]2CCCN(c3ccc(Cl)nn3)C2)c1. The van der Waals surface area contributed by atoms with Crippen LogP contribution in [0.15, 0.2) is 36.4 Å². The summed E-state index contributed by atoms with van der Waals surface area (Å²) in [6.45, 7) is 2.01. The standard InChI is InChI=1S/C18H21ClN4O2/c1-25-12-13-4-2-6-15(10-13)20-18(24)14-5-3-9-23(11-14)17-8-7-16(19)21-22-17/h2,4,6-8,10,14H,3,5,9,11-12H2,1H3,(H,20,24)/t14-/m1/s1. The van der Waals surface area contributed by atoms with Gasteiger partial charge in [-0.3, -0.25) is 4.79 Å². The van der Waals surface area contributed by atoms with E-state index in [0.29, 0.717) is 18.3 Å². The molecule has 1 aromatic heterocycles. The van der Waals surface area contributed by atoms with E-state index in [1.165, 1.54) is 0 Å². The highest BCUT2D eigenvalue weighted by molar-refractivity contribution is 6.29. The lowest BCUT2D eigenvalue weighted by molar-refractivity contribution is -0.120. The predicted molar refractivity (Wildman–Crippen MR) is 97.8 cm³/mol. The molecule has 1 amide bonds. The van der Waals surface area contributed by atoms with Gasteiger partial charge in [-0.1, -0.05) is 23.7 Å². The lowest BCUT2D eigenvalue weighted by atomic mass is 9.97. The zero-order valence-electron chi connectivity index (χ0n) is 14.1. The van der Waals surface area contributed by atoms with Crippen LogP contribution in [-0.2, 0) is 16.1 Å². The van der Waals surface area contributed by atoms with Gasteiger partial charge in [-0.05, 0) is 42.7 Å². The monoisotopic (exact) mass is 360 g/mol. The van der Waals surface area contributed by atoms with E-state index in [9.17, 15) is 4.79 Å². The van der Waals surface area contributed by atoms with Crippen molar-refractivity contribution in [1.29, 1.82) is 0 Å². The number of methoxy groups -OCH3 is 1. The molecule has 1 atom stereocenters. The summed E-state index contributed by atoms with van der Waals surface area (Å²) < 4.78 is 5.13. The largest absolute Gasteiger partial charge is 0.380 e. The van der Waals surface area contributed by atoms with E-state index >= 15 is 0 Å². The van der Waals surface area contributed by atoms with Gasteiger partial charge in [0, 0.05) is 25.9 Å². The molecule has 1 N–H and O–H groups in total. The van der Waals surface area contributed by atoms with Crippen LogP contribution in [0, 0.1) is 5.92 Å². The van der Waals surface area contributed by atoms with Gasteiger partial charge in [0.05, 0.1) is 12.5 Å². The molecule has 1 aliphatic rings. The van der Waals surface area contributed by atoms with Crippen LogP contribution >= 0.6 is 11.6 Å². The van der Waals surface area contributed by atoms with Gasteiger partial charge in [0.25, 0.3) is 0 Å². The van der Waals surface area contributed by atoms with E-state index in [4.69, 9.17) is 16.3 Å². The maximum atomic E-state index is 12.6. The number of piperidine rings is 1. The average Bonchev–Trinajstić information content (AvgIpc) is 2.63. The zero-order valence-corrected chi connectivity index (χ0v) is 14.9. The number of hydrogen-bond donors (Lipinski definition) is 1. The molecule has 7 heteroatoms. The number of carbonyl (C=O) groups is 1. The third kappa shape index (κ3) is 4.67. The van der Waals surface area contributed by atoms with Gasteiger partial charge < -0.3 is 15.0 Å². The fourth-order valence-electron chi connectivity index (χ4n) is 3.03. The molecule has 1 aliphatic heterocycles. The normalized spacial score (nSPS) is 17.4. The number of halogens is 1. The van der Waals surface area contributed by atoms with Crippen molar-refractivity contribution in [2.45, 2.75) is 19.4 Å². The fourth-order valence-corrected chi connectivity index (χ4v) is 3.13. The molecule has 2 aromatic rings. The van der Waals surface area contributed by atoms with Crippen LogP contribution in [0.1, 0.15) is 18.4 Å². The quantitative estimate of drug-likeness (QED) is 0.887. The first-order valence-electron chi connectivity index (χ1n) is 8.28. The van der Waals surface area contributed by atoms with Crippen molar-refractivity contribution in [2.24, 2.45) is 5.92 Å². The number of nitrogens with one attached hydrogen (secondary N) is 1. The summed E-state index contributed by atoms with van der Waals surface area (Å²) in [6, 6.07) is 11.3. The highest BCUT2D eigenvalue weighted by Crippen LogP contribution is 2.23. The molecule has 1 fully saturated rings. The Morgan fingerprint density at radius 3 is 3.00 bits per heavy atom. The van der Waals surface area contributed by atoms with Crippen molar-refractivity contribution >= 4 is 29.0 Å². The van der Waals surface area contributed by atoms with Crippen LogP contribution in [-0.4, -0.2) is 36.3 Å². The third-order valence-electron chi connectivity index (χ3n) is 4.24. The predicted octanol–water partition coefficient (Wildman–Crippen LogP) is 3.13. The smallest absolute Gasteiger partial charge is 0.229 e. The van der Waals surface area contributed by atoms with Crippen LogP contribution in [0.3, 0.4) is 0 Å².